The predicted octanol–water partition coefficient (Wildman–Crippen LogP) is 3.93. The van der Waals surface area contributed by atoms with E-state index in [2.05, 4.69) is 33.0 Å². The second-order valence-corrected chi connectivity index (χ2v) is 7.60. The molecule has 0 aliphatic carbocycles. The van der Waals surface area contributed by atoms with Crippen molar-refractivity contribution in [1.29, 1.82) is 0 Å². The van der Waals surface area contributed by atoms with Crippen LogP contribution < -0.4 is 11.1 Å². The van der Waals surface area contributed by atoms with Gasteiger partial charge in [-0.2, -0.15) is 0 Å². The Hall–Kier alpha value is -0.640. The molecule has 3 N–H and O–H groups in total. The number of benzene rings is 1. The maximum absolute atomic E-state index is 14.2. The molecular weight excluding hydrogens is 287 g/mol. The molecule has 1 aromatic carbocycles. The Morgan fingerprint density at radius 1 is 1.43 bits per heavy atom. The molecule has 0 radical (unpaired) electrons. The van der Waals surface area contributed by atoms with Crippen LogP contribution >= 0.6 is 11.6 Å². The standard InChI is InChI=1S/C17H26ClFN2/c1-10(2)17(3,4)8-14-16(20)12(9-21-14)11-6-5-7-13(18)15(11)19/h5-7,10,12,14,16,21H,8-9,20H2,1-4H3. The summed E-state index contributed by atoms with van der Waals surface area (Å²) in [6, 6.07) is 5.29. The lowest BCUT2D eigenvalue weighted by Gasteiger charge is -2.34. The summed E-state index contributed by atoms with van der Waals surface area (Å²) in [6.07, 6.45) is 0.991. The van der Waals surface area contributed by atoms with E-state index < -0.39 is 0 Å². The largest absolute Gasteiger partial charge is 0.326 e. The van der Waals surface area contributed by atoms with Crippen LogP contribution in [0, 0.1) is 17.2 Å². The fraction of sp³-hybridized carbons (Fsp3) is 0.647. The van der Waals surface area contributed by atoms with Crippen molar-refractivity contribution in [3.63, 3.8) is 0 Å². The van der Waals surface area contributed by atoms with Crippen LogP contribution in [0.15, 0.2) is 18.2 Å². The smallest absolute Gasteiger partial charge is 0.145 e. The van der Waals surface area contributed by atoms with Crippen molar-refractivity contribution in [3.05, 3.63) is 34.6 Å². The number of hydrogen-bond donors (Lipinski definition) is 2. The zero-order chi connectivity index (χ0) is 15.8. The Balaban J connectivity index is 2.15. The number of nitrogens with two attached hydrogens (primary N) is 1. The van der Waals surface area contributed by atoms with E-state index in [4.69, 9.17) is 17.3 Å². The van der Waals surface area contributed by atoms with E-state index in [0.717, 1.165) is 6.42 Å². The summed E-state index contributed by atoms with van der Waals surface area (Å²) in [7, 11) is 0. The van der Waals surface area contributed by atoms with Crippen LogP contribution in [-0.4, -0.2) is 18.6 Å². The highest BCUT2D eigenvalue weighted by Gasteiger charge is 2.39. The summed E-state index contributed by atoms with van der Waals surface area (Å²) in [5.41, 5.74) is 7.25. The molecule has 1 saturated heterocycles. The van der Waals surface area contributed by atoms with Gasteiger partial charge in [-0.3, -0.25) is 0 Å². The van der Waals surface area contributed by atoms with Crippen LogP contribution in [0.2, 0.25) is 5.02 Å². The summed E-state index contributed by atoms with van der Waals surface area (Å²) in [6.45, 7) is 9.69. The van der Waals surface area contributed by atoms with Gasteiger partial charge in [-0.1, -0.05) is 51.4 Å². The molecule has 2 rings (SSSR count). The first kappa shape index (κ1) is 16.7. The zero-order valence-electron chi connectivity index (χ0n) is 13.3. The third-order valence-electron chi connectivity index (χ3n) is 5.22. The average molecular weight is 313 g/mol. The quantitative estimate of drug-likeness (QED) is 0.884. The van der Waals surface area contributed by atoms with Crippen molar-refractivity contribution < 1.29 is 4.39 Å². The fourth-order valence-electron chi connectivity index (χ4n) is 2.97. The van der Waals surface area contributed by atoms with Crippen molar-refractivity contribution >= 4 is 11.6 Å². The summed E-state index contributed by atoms with van der Waals surface area (Å²) < 4.78 is 14.2. The summed E-state index contributed by atoms with van der Waals surface area (Å²) >= 11 is 5.89. The molecule has 4 heteroatoms. The van der Waals surface area contributed by atoms with Gasteiger partial charge in [-0.15, -0.1) is 0 Å². The van der Waals surface area contributed by atoms with Crippen LogP contribution in [0.25, 0.3) is 0 Å². The lowest BCUT2D eigenvalue weighted by atomic mass is 9.74. The van der Waals surface area contributed by atoms with Crippen molar-refractivity contribution in [2.45, 2.75) is 52.1 Å². The molecule has 1 aliphatic rings. The van der Waals surface area contributed by atoms with Crippen LogP contribution in [0.5, 0.6) is 0 Å². The van der Waals surface area contributed by atoms with Crippen molar-refractivity contribution in [2.75, 3.05) is 6.54 Å². The molecule has 1 fully saturated rings. The van der Waals surface area contributed by atoms with E-state index >= 15 is 0 Å². The molecule has 3 unspecified atom stereocenters. The molecule has 0 spiro atoms. The van der Waals surface area contributed by atoms with Crippen LogP contribution in [0.4, 0.5) is 4.39 Å². The Labute approximate surface area is 132 Å². The molecule has 3 atom stereocenters. The molecule has 0 aromatic heterocycles. The first-order valence-electron chi connectivity index (χ1n) is 7.67. The predicted molar refractivity (Wildman–Crippen MR) is 87.2 cm³/mol. The highest BCUT2D eigenvalue weighted by Crippen LogP contribution is 2.37. The van der Waals surface area contributed by atoms with Gasteiger partial charge in [-0.05, 0) is 29.4 Å². The minimum Gasteiger partial charge on any atom is -0.326 e. The SMILES string of the molecule is CC(C)C(C)(C)CC1NCC(c2cccc(Cl)c2F)C1N. The molecule has 0 saturated carbocycles. The van der Waals surface area contributed by atoms with Crippen molar-refractivity contribution in [3.8, 4) is 0 Å². The van der Waals surface area contributed by atoms with E-state index in [1.165, 1.54) is 0 Å². The van der Waals surface area contributed by atoms with Gasteiger partial charge in [-0.25, -0.2) is 4.39 Å². The third kappa shape index (κ3) is 3.41. The number of hydrogen-bond acceptors (Lipinski definition) is 2. The lowest BCUT2D eigenvalue weighted by molar-refractivity contribution is 0.199. The fourth-order valence-corrected chi connectivity index (χ4v) is 3.15. The molecule has 1 heterocycles. The number of rotatable bonds is 4. The van der Waals surface area contributed by atoms with Crippen LogP contribution in [0.1, 0.15) is 45.6 Å². The normalized spacial score (nSPS) is 26.6. The summed E-state index contributed by atoms with van der Waals surface area (Å²) in [4.78, 5) is 0. The molecule has 2 nitrogen and oxygen atoms in total. The van der Waals surface area contributed by atoms with E-state index in [1.54, 1.807) is 18.2 Å². The zero-order valence-corrected chi connectivity index (χ0v) is 14.0. The lowest BCUT2D eigenvalue weighted by Crippen LogP contribution is -2.42. The van der Waals surface area contributed by atoms with Crippen molar-refractivity contribution in [1.82, 2.24) is 5.32 Å². The van der Waals surface area contributed by atoms with Gasteiger partial charge in [0.2, 0.25) is 0 Å². The summed E-state index contributed by atoms with van der Waals surface area (Å²) in [5, 5.41) is 3.65. The monoisotopic (exact) mass is 312 g/mol. The molecule has 0 bridgehead atoms. The Morgan fingerprint density at radius 2 is 2.10 bits per heavy atom. The van der Waals surface area contributed by atoms with Crippen molar-refractivity contribution in [2.24, 2.45) is 17.1 Å². The Bertz CT molecular complexity index is 502. The number of halogens is 2. The highest BCUT2D eigenvalue weighted by atomic mass is 35.5. The van der Waals surface area contributed by atoms with Gasteiger partial charge in [0.1, 0.15) is 5.82 Å². The van der Waals surface area contributed by atoms with Crippen LogP contribution in [-0.2, 0) is 0 Å². The summed E-state index contributed by atoms with van der Waals surface area (Å²) in [5.74, 6) is 0.232. The second kappa shape index (κ2) is 6.23. The highest BCUT2D eigenvalue weighted by molar-refractivity contribution is 6.30. The third-order valence-corrected chi connectivity index (χ3v) is 5.51. The Kier molecular flexibility index (Phi) is 4.96. The molecule has 118 valence electrons. The molecule has 1 aliphatic heterocycles. The first-order chi connectivity index (χ1) is 9.74. The average Bonchev–Trinajstić information content (AvgIpc) is 2.74. The molecule has 1 aromatic rings. The maximum Gasteiger partial charge on any atom is 0.145 e. The molecule has 0 amide bonds. The maximum atomic E-state index is 14.2. The van der Waals surface area contributed by atoms with E-state index in [0.29, 0.717) is 18.0 Å². The van der Waals surface area contributed by atoms with E-state index in [1.807, 2.05) is 0 Å². The molecule has 21 heavy (non-hydrogen) atoms. The first-order valence-corrected chi connectivity index (χ1v) is 8.04. The minimum absolute atomic E-state index is 0.0170. The van der Waals surface area contributed by atoms with E-state index in [-0.39, 0.29) is 34.3 Å². The van der Waals surface area contributed by atoms with Gasteiger partial charge >= 0.3 is 0 Å². The molecular formula is C17H26ClFN2. The van der Waals surface area contributed by atoms with E-state index in [9.17, 15) is 4.39 Å². The van der Waals surface area contributed by atoms with Gasteiger partial charge in [0, 0.05) is 24.5 Å². The van der Waals surface area contributed by atoms with Gasteiger partial charge in [0.05, 0.1) is 5.02 Å². The minimum atomic E-state index is -0.329. The van der Waals surface area contributed by atoms with Gasteiger partial charge in [0.15, 0.2) is 0 Å². The Morgan fingerprint density at radius 3 is 2.71 bits per heavy atom. The topological polar surface area (TPSA) is 38.0 Å². The number of nitrogens with one attached hydrogen (secondary N) is 1. The van der Waals surface area contributed by atoms with Gasteiger partial charge in [0.25, 0.3) is 0 Å². The van der Waals surface area contributed by atoms with Gasteiger partial charge < -0.3 is 11.1 Å². The second-order valence-electron chi connectivity index (χ2n) is 7.19. The van der Waals surface area contributed by atoms with Crippen LogP contribution in [0.3, 0.4) is 0 Å².